The highest BCUT2D eigenvalue weighted by atomic mass is 19.1. The average molecular weight is 224 g/mol. The van der Waals surface area contributed by atoms with Crippen molar-refractivity contribution in [1.29, 1.82) is 0 Å². The summed E-state index contributed by atoms with van der Waals surface area (Å²) < 4.78 is 17.6. The van der Waals surface area contributed by atoms with Crippen molar-refractivity contribution in [3.8, 4) is 0 Å². The third-order valence-electron chi connectivity index (χ3n) is 2.07. The molecule has 16 heavy (non-hydrogen) atoms. The molecule has 1 unspecified atom stereocenters. The highest BCUT2D eigenvalue weighted by Gasteiger charge is 2.18. The van der Waals surface area contributed by atoms with Crippen molar-refractivity contribution >= 4 is 11.8 Å². The molecule has 3 nitrogen and oxygen atoms in total. The Hall–Kier alpha value is -1.71. The summed E-state index contributed by atoms with van der Waals surface area (Å²) >= 11 is 0. The van der Waals surface area contributed by atoms with E-state index in [4.69, 9.17) is 0 Å². The Morgan fingerprint density at radius 2 is 2.12 bits per heavy atom. The number of ketones is 1. The van der Waals surface area contributed by atoms with Crippen LogP contribution in [0.5, 0.6) is 0 Å². The Kier molecular flexibility index (Phi) is 4.17. The lowest BCUT2D eigenvalue weighted by Crippen LogP contribution is -2.17. The van der Waals surface area contributed by atoms with Crippen LogP contribution in [0.15, 0.2) is 24.3 Å². The number of alkyl halides is 1. The van der Waals surface area contributed by atoms with Crippen LogP contribution in [-0.2, 0) is 9.53 Å². The van der Waals surface area contributed by atoms with E-state index in [0.717, 1.165) is 0 Å². The molecule has 0 heterocycles. The van der Waals surface area contributed by atoms with Gasteiger partial charge in [0.2, 0.25) is 0 Å². The summed E-state index contributed by atoms with van der Waals surface area (Å²) in [6.45, 7) is 3.13. The van der Waals surface area contributed by atoms with Crippen LogP contribution in [0.2, 0.25) is 0 Å². The Bertz CT molecular complexity index is 399. The maximum atomic E-state index is 13.0. The van der Waals surface area contributed by atoms with E-state index < -0.39 is 17.9 Å². The lowest BCUT2D eigenvalue weighted by atomic mass is 10.1. The summed E-state index contributed by atoms with van der Waals surface area (Å²) in [6.07, 6.45) is -1.17. The first kappa shape index (κ1) is 12.4. The molecule has 1 rings (SSSR count). The van der Waals surface area contributed by atoms with Gasteiger partial charge in [-0.1, -0.05) is 18.2 Å². The maximum Gasteiger partial charge on any atom is 0.379 e. The lowest BCUT2D eigenvalue weighted by Gasteiger charge is -2.05. The van der Waals surface area contributed by atoms with Gasteiger partial charge in [-0.2, -0.15) is 0 Å². The van der Waals surface area contributed by atoms with Crippen molar-refractivity contribution in [2.24, 2.45) is 0 Å². The lowest BCUT2D eigenvalue weighted by molar-refractivity contribution is -0.137. The molecule has 0 amide bonds. The minimum atomic E-state index is -1.17. The summed E-state index contributed by atoms with van der Waals surface area (Å²) in [7, 11) is 0. The fourth-order valence-electron chi connectivity index (χ4n) is 1.24. The Morgan fingerprint density at radius 1 is 1.44 bits per heavy atom. The monoisotopic (exact) mass is 224 g/mol. The van der Waals surface area contributed by atoms with Gasteiger partial charge in [0.15, 0.2) is 0 Å². The number of Topliss-reactive ketones (excluding diaryl/α,β-unsaturated/α-hetero) is 1. The molecule has 0 aliphatic heterocycles. The maximum absolute atomic E-state index is 13.0. The van der Waals surface area contributed by atoms with E-state index >= 15 is 0 Å². The molecule has 0 aliphatic carbocycles. The van der Waals surface area contributed by atoms with Crippen LogP contribution in [-0.4, -0.2) is 18.4 Å². The summed E-state index contributed by atoms with van der Waals surface area (Å²) in [5.74, 6) is -1.66. The Morgan fingerprint density at radius 3 is 2.69 bits per heavy atom. The van der Waals surface area contributed by atoms with Crippen LogP contribution >= 0.6 is 0 Å². The number of benzene rings is 1. The second-order valence-corrected chi connectivity index (χ2v) is 3.29. The number of ether oxygens (including phenoxy) is 1. The quantitative estimate of drug-likeness (QED) is 0.448. The normalized spacial score (nSPS) is 11.9. The molecule has 0 radical (unpaired) electrons. The third-order valence-corrected chi connectivity index (χ3v) is 2.07. The molecule has 0 spiro atoms. The number of hydrogen-bond donors (Lipinski definition) is 0. The zero-order chi connectivity index (χ0) is 12.1. The summed E-state index contributed by atoms with van der Waals surface area (Å²) in [4.78, 5) is 22.7. The van der Waals surface area contributed by atoms with E-state index in [1.54, 1.807) is 13.0 Å². The molecule has 0 aromatic heterocycles. The fraction of sp³-hybridized carbons (Fsp3) is 0.333. The summed E-state index contributed by atoms with van der Waals surface area (Å²) in [6, 6.07) is 5.93. The molecule has 0 fully saturated rings. The van der Waals surface area contributed by atoms with E-state index in [1.165, 1.54) is 25.1 Å². The Balaban J connectivity index is 2.92. The van der Waals surface area contributed by atoms with Gasteiger partial charge in [-0.25, -0.2) is 9.18 Å². The van der Waals surface area contributed by atoms with Crippen LogP contribution in [0, 0.1) is 0 Å². The first-order valence-electron chi connectivity index (χ1n) is 5.01. The Labute approximate surface area is 93.2 Å². The second kappa shape index (κ2) is 5.39. The van der Waals surface area contributed by atoms with E-state index in [0.29, 0.717) is 5.56 Å². The summed E-state index contributed by atoms with van der Waals surface area (Å²) in [5.41, 5.74) is 0.524. The number of carbonyl (C=O) groups excluding carboxylic acids is 2. The van der Waals surface area contributed by atoms with Gasteiger partial charge in [0.1, 0.15) is 6.17 Å². The van der Waals surface area contributed by atoms with Crippen LogP contribution in [0.3, 0.4) is 0 Å². The second-order valence-electron chi connectivity index (χ2n) is 3.29. The van der Waals surface area contributed by atoms with Crippen LogP contribution in [0.4, 0.5) is 4.39 Å². The predicted octanol–water partition coefficient (Wildman–Crippen LogP) is 2.46. The molecule has 0 N–H and O–H groups in total. The molecule has 0 saturated heterocycles. The molecule has 1 atom stereocenters. The molecular formula is C12H13FO3. The highest BCUT2D eigenvalue weighted by Crippen LogP contribution is 2.17. The van der Waals surface area contributed by atoms with Crippen LogP contribution < -0.4 is 0 Å². The molecule has 0 saturated carbocycles. The topological polar surface area (TPSA) is 43.4 Å². The van der Waals surface area contributed by atoms with Crippen molar-refractivity contribution in [2.75, 3.05) is 6.61 Å². The fourth-order valence-corrected chi connectivity index (χ4v) is 1.24. The minimum Gasteiger partial charge on any atom is -0.460 e. The number of carbonyl (C=O) groups is 2. The standard InChI is InChI=1S/C12H13FO3/c1-3-16-12(15)11(14)10-6-4-5-9(7-10)8(2)13/h4-8H,3H2,1-2H3. The van der Waals surface area contributed by atoms with Gasteiger partial charge >= 0.3 is 5.97 Å². The van der Waals surface area contributed by atoms with Gasteiger partial charge in [-0.05, 0) is 25.5 Å². The van der Waals surface area contributed by atoms with Crippen molar-refractivity contribution in [3.63, 3.8) is 0 Å². The number of rotatable bonds is 4. The molecule has 1 aromatic rings. The largest absolute Gasteiger partial charge is 0.460 e. The summed E-state index contributed by atoms with van der Waals surface area (Å²) in [5, 5.41) is 0. The molecular weight excluding hydrogens is 211 g/mol. The molecule has 1 aromatic carbocycles. The van der Waals surface area contributed by atoms with Crippen molar-refractivity contribution < 1.29 is 18.7 Å². The molecule has 0 bridgehead atoms. The van der Waals surface area contributed by atoms with E-state index in [9.17, 15) is 14.0 Å². The smallest absolute Gasteiger partial charge is 0.379 e. The van der Waals surface area contributed by atoms with Gasteiger partial charge in [-0.3, -0.25) is 4.79 Å². The minimum absolute atomic E-state index is 0.143. The van der Waals surface area contributed by atoms with Crippen molar-refractivity contribution in [1.82, 2.24) is 0 Å². The first-order valence-corrected chi connectivity index (χ1v) is 5.01. The zero-order valence-electron chi connectivity index (χ0n) is 9.20. The number of halogens is 1. The molecule has 0 aliphatic rings. The highest BCUT2D eigenvalue weighted by molar-refractivity contribution is 6.40. The van der Waals surface area contributed by atoms with Gasteiger partial charge in [0.25, 0.3) is 5.78 Å². The average Bonchev–Trinajstić information content (AvgIpc) is 2.28. The van der Waals surface area contributed by atoms with Gasteiger partial charge in [0.05, 0.1) is 6.61 Å². The van der Waals surface area contributed by atoms with E-state index in [1.807, 2.05) is 0 Å². The van der Waals surface area contributed by atoms with Gasteiger partial charge in [-0.15, -0.1) is 0 Å². The number of esters is 1. The SMILES string of the molecule is CCOC(=O)C(=O)c1cccc(C(C)F)c1. The van der Waals surface area contributed by atoms with Gasteiger partial charge < -0.3 is 4.74 Å². The third kappa shape index (κ3) is 2.89. The van der Waals surface area contributed by atoms with Crippen LogP contribution in [0.25, 0.3) is 0 Å². The van der Waals surface area contributed by atoms with Crippen molar-refractivity contribution in [3.05, 3.63) is 35.4 Å². The van der Waals surface area contributed by atoms with Gasteiger partial charge in [0, 0.05) is 5.56 Å². The zero-order valence-corrected chi connectivity index (χ0v) is 9.20. The van der Waals surface area contributed by atoms with E-state index in [2.05, 4.69) is 4.74 Å². The van der Waals surface area contributed by atoms with Crippen molar-refractivity contribution in [2.45, 2.75) is 20.0 Å². The molecule has 86 valence electrons. The predicted molar refractivity (Wildman–Crippen MR) is 56.9 cm³/mol. The van der Waals surface area contributed by atoms with Crippen LogP contribution in [0.1, 0.15) is 35.9 Å². The number of hydrogen-bond acceptors (Lipinski definition) is 3. The molecule has 4 heteroatoms. The van der Waals surface area contributed by atoms with E-state index in [-0.39, 0.29) is 12.2 Å². The first-order chi connectivity index (χ1) is 7.56.